The van der Waals surface area contributed by atoms with E-state index in [2.05, 4.69) is 0 Å². The highest BCUT2D eigenvalue weighted by atomic mass is 16.6. The van der Waals surface area contributed by atoms with Crippen LogP contribution in [0.1, 0.15) is 41.0 Å². The lowest BCUT2D eigenvalue weighted by molar-refractivity contribution is -0.136. The van der Waals surface area contributed by atoms with Crippen LogP contribution in [0.4, 0.5) is 4.79 Å². The molecule has 3 unspecified atom stereocenters. The molecule has 5 heteroatoms. The van der Waals surface area contributed by atoms with E-state index in [0.29, 0.717) is 0 Å². The monoisotopic (exact) mass is 283 g/mol. The van der Waals surface area contributed by atoms with E-state index in [1.165, 1.54) is 0 Å². The van der Waals surface area contributed by atoms with Crippen molar-refractivity contribution in [1.82, 2.24) is 4.90 Å². The summed E-state index contributed by atoms with van der Waals surface area (Å²) >= 11 is 0. The standard InChI is InChI=1S/C15H25NO4/c1-6-7-10(4)13(17)11(5)14(18)16-12(9(2)3)8-20-15(16)19/h7,9,11-13,17H,6,8H2,1-5H3. The average Bonchev–Trinajstić information content (AvgIpc) is 2.78. The summed E-state index contributed by atoms with van der Waals surface area (Å²) in [7, 11) is 0. The van der Waals surface area contributed by atoms with Crippen molar-refractivity contribution >= 4 is 12.0 Å². The molecule has 1 saturated heterocycles. The number of imide groups is 1. The summed E-state index contributed by atoms with van der Waals surface area (Å²) in [5.74, 6) is -0.908. The van der Waals surface area contributed by atoms with Gasteiger partial charge < -0.3 is 9.84 Å². The Kier molecular flexibility index (Phi) is 5.74. The minimum Gasteiger partial charge on any atom is -0.447 e. The van der Waals surface area contributed by atoms with Crippen molar-refractivity contribution in [2.45, 2.75) is 53.2 Å². The molecule has 1 fully saturated rings. The molecule has 0 aromatic carbocycles. The Balaban J connectivity index is 2.87. The van der Waals surface area contributed by atoms with E-state index >= 15 is 0 Å². The molecule has 1 N–H and O–H groups in total. The third-order valence-electron chi connectivity index (χ3n) is 3.77. The largest absolute Gasteiger partial charge is 0.447 e. The maximum Gasteiger partial charge on any atom is 0.416 e. The molecule has 3 atom stereocenters. The number of carbonyl (C=O) groups is 2. The lowest BCUT2D eigenvalue weighted by Gasteiger charge is -2.27. The van der Waals surface area contributed by atoms with Crippen LogP contribution in [-0.2, 0) is 9.53 Å². The van der Waals surface area contributed by atoms with E-state index in [1.807, 2.05) is 26.8 Å². The normalized spacial score (nSPS) is 22.9. The van der Waals surface area contributed by atoms with Crippen LogP contribution < -0.4 is 0 Å². The second-order valence-electron chi connectivity index (χ2n) is 5.69. The summed E-state index contributed by atoms with van der Waals surface area (Å²) in [6.45, 7) is 9.51. The van der Waals surface area contributed by atoms with Gasteiger partial charge in [0.15, 0.2) is 0 Å². The zero-order valence-electron chi connectivity index (χ0n) is 12.9. The molecule has 0 aliphatic carbocycles. The Hall–Kier alpha value is -1.36. The number of allylic oxidation sites excluding steroid dienone is 1. The van der Waals surface area contributed by atoms with Gasteiger partial charge in [-0.1, -0.05) is 33.8 Å². The highest BCUT2D eigenvalue weighted by Crippen LogP contribution is 2.24. The molecule has 1 heterocycles. The van der Waals surface area contributed by atoms with E-state index in [9.17, 15) is 14.7 Å². The first-order valence-corrected chi connectivity index (χ1v) is 7.15. The lowest BCUT2D eigenvalue weighted by atomic mass is 9.95. The molecule has 0 saturated carbocycles. The predicted octanol–water partition coefficient (Wildman–Crippen LogP) is 2.34. The topological polar surface area (TPSA) is 66.8 Å². The minimum absolute atomic E-state index is 0.127. The van der Waals surface area contributed by atoms with Crippen LogP contribution >= 0.6 is 0 Å². The highest BCUT2D eigenvalue weighted by Gasteiger charge is 2.42. The maximum absolute atomic E-state index is 12.5. The summed E-state index contributed by atoms with van der Waals surface area (Å²) in [5, 5.41) is 10.2. The molecule has 5 nitrogen and oxygen atoms in total. The van der Waals surface area contributed by atoms with Crippen LogP contribution in [0, 0.1) is 11.8 Å². The summed E-state index contributed by atoms with van der Waals surface area (Å²) in [4.78, 5) is 25.4. The SMILES string of the molecule is CCC=C(C)C(O)C(C)C(=O)N1C(=O)OCC1C(C)C. The Morgan fingerprint density at radius 1 is 1.50 bits per heavy atom. The van der Waals surface area contributed by atoms with Crippen molar-refractivity contribution in [3.63, 3.8) is 0 Å². The van der Waals surface area contributed by atoms with Gasteiger partial charge in [-0.05, 0) is 24.8 Å². The summed E-state index contributed by atoms with van der Waals surface area (Å²) in [6.07, 6.45) is 1.20. The zero-order chi connectivity index (χ0) is 15.4. The van der Waals surface area contributed by atoms with Gasteiger partial charge in [0, 0.05) is 0 Å². The number of rotatable bonds is 5. The first kappa shape index (κ1) is 16.7. The number of carbonyl (C=O) groups excluding carboxylic acids is 2. The Morgan fingerprint density at radius 3 is 2.60 bits per heavy atom. The molecular weight excluding hydrogens is 258 g/mol. The molecule has 0 spiro atoms. The third kappa shape index (κ3) is 3.39. The van der Waals surface area contributed by atoms with E-state index in [4.69, 9.17) is 4.74 Å². The number of ether oxygens (including phenoxy) is 1. The van der Waals surface area contributed by atoms with Crippen molar-refractivity contribution in [2.24, 2.45) is 11.8 Å². The molecular formula is C15H25NO4. The van der Waals surface area contributed by atoms with Crippen molar-refractivity contribution in [3.05, 3.63) is 11.6 Å². The number of aliphatic hydroxyl groups is 1. The molecule has 1 aliphatic rings. The van der Waals surface area contributed by atoms with Gasteiger partial charge in [-0.15, -0.1) is 0 Å². The Labute approximate surface area is 120 Å². The molecule has 0 aromatic rings. The number of hydrogen-bond donors (Lipinski definition) is 1. The molecule has 114 valence electrons. The van der Waals surface area contributed by atoms with E-state index in [1.54, 1.807) is 13.8 Å². The number of hydrogen-bond acceptors (Lipinski definition) is 4. The van der Waals surface area contributed by atoms with Gasteiger partial charge in [-0.2, -0.15) is 0 Å². The van der Waals surface area contributed by atoms with Crippen molar-refractivity contribution in [2.75, 3.05) is 6.61 Å². The lowest BCUT2D eigenvalue weighted by Crippen LogP contribution is -2.46. The van der Waals surface area contributed by atoms with Gasteiger partial charge in [-0.25, -0.2) is 9.69 Å². The third-order valence-corrected chi connectivity index (χ3v) is 3.77. The summed E-state index contributed by atoms with van der Waals surface area (Å²) < 4.78 is 4.97. The minimum atomic E-state index is -0.872. The zero-order valence-corrected chi connectivity index (χ0v) is 12.9. The first-order chi connectivity index (χ1) is 9.31. The molecule has 2 amide bonds. The molecule has 1 rings (SSSR count). The van der Waals surface area contributed by atoms with Gasteiger partial charge in [0.1, 0.15) is 6.61 Å². The first-order valence-electron chi connectivity index (χ1n) is 7.15. The number of cyclic esters (lactones) is 1. The van der Waals surface area contributed by atoms with Crippen molar-refractivity contribution in [1.29, 1.82) is 0 Å². The van der Waals surface area contributed by atoms with Gasteiger partial charge in [0.25, 0.3) is 0 Å². The van der Waals surface area contributed by atoms with Gasteiger partial charge in [0.2, 0.25) is 5.91 Å². The fourth-order valence-electron chi connectivity index (χ4n) is 2.37. The number of nitrogens with zero attached hydrogens (tertiary/aromatic N) is 1. The Bertz CT molecular complexity index is 403. The summed E-state index contributed by atoms with van der Waals surface area (Å²) in [5.41, 5.74) is 0.752. The smallest absolute Gasteiger partial charge is 0.416 e. The van der Waals surface area contributed by atoms with Gasteiger partial charge >= 0.3 is 6.09 Å². The maximum atomic E-state index is 12.5. The molecule has 20 heavy (non-hydrogen) atoms. The van der Waals surface area contributed by atoms with Crippen molar-refractivity contribution in [3.8, 4) is 0 Å². The molecule has 0 bridgehead atoms. The van der Waals surface area contributed by atoms with Crippen LogP contribution in [0.2, 0.25) is 0 Å². The number of amides is 2. The van der Waals surface area contributed by atoms with Crippen LogP contribution in [0.5, 0.6) is 0 Å². The van der Waals surface area contributed by atoms with Crippen molar-refractivity contribution < 1.29 is 19.4 Å². The van der Waals surface area contributed by atoms with E-state index < -0.39 is 18.1 Å². The van der Waals surface area contributed by atoms with Crippen LogP contribution in [0.25, 0.3) is 0 Å². The summed E-state index contributed by atoms with van der Waals surface area (Å²) in [6, 6.07) is -0.250. The molecule has 0 aromatic heterocycles. The van der Waals surface area contributed by atoms with Gasteiger partial charge in [0.05, 0.1) is 18.1 Å². The molecule has 1 aliphatic heterocycles. The fraction of sp³-hybridized carbons (Fsp3) is 0.733. The average molecular weight is 283 g/mol. The molecule has 0 radical (unpaired) electrons. The van der Waals surface area contributed by atoms with Crippen LogP contribution in [0.15, 0.2) is 11.6 Å². The van der Waals surface area contributed by atoms with Crippen LogP contribution in [0.3, 0.4) is 0 Å². The Morgan fingerprint density at radius 2 is 2.10 bits per heavy atom. The van der Waals surface area contributed by atoms with Crippen LogP contribution in [-0.4, -0.2) is 40.8 Å². The van der Waals surface area contributed by atoms with E-state index in [0.717, 1.165) is 16.9 Å². The quantitative estimate of drug-likeness (QED) is 0.786. The highest BCUT2D eigenvalue weighted by molar-refractivity contribution is 5.95. The second kappa shape index (κ2) is 6.88. The van der Waals surface area contributed by atoms with E-state index in [-0.39, 0.29) is 24.5 Å². The fourth-order valence-corrected chi connectivity index (χ4v) is 2.37. The predicted molar refractivity (Wildman–Crippen MR) is 76.0 cm³/mol. The number of aliphatic hydroxyl groups excluding tert-OH is 1. The second-order valence-corrected chi connectivity index (χ2v) is 5.69. The van der Waals surface area contributed by atoms with Gasteiger partial charge in [-0.3, -0.25) is 4.79 Å².